The summed E-state index contributed by atoms with van der Waals surface area (Å²) in [6.45, 7) is 1.83. The van der Waals surface area contributed by atoms with Crippen molar-refractivity contribution in [2.75, 3.05) is 32.0 Å². The van der Waals surface area contributed by atoms with E-state index in [4.69, 9.17) is 26.8 Å². The van der Waals surface area contributed by atoms with Gasteiger partial charge in [-0.3, -0.25) is 4.79 Å². The molecule has 198 valence electrons. The van der Waals surface area contributed by atoms with Crippen molar-refractivity contribution < 1.29 is 22.7 Å². The van der Waals surface area contributed by atoms with Crippen LogP contribution in [0.3, 0.4) is 0 Å². The highest BCUT2D eigenvalue weighted by Crippen LogP contribution is 2.40. The summed E-state index contributed by atoms with van der Waals surface area (Å²) >= 11 is 6.53. The van der Waals surface area contributed by atoms with E-state index in [0.29, 0.717) is 55.9 Å². The van der Waals surface area contributed by atoms with Gasteiger partial charge in [0.05, 0.1) is 23.1 Å². The van der Waals surface area contributed by atoms with Crippen LogP contribution < -0.4 is 15.8 Å². The van der Waals surface area contributed by atoms with Crippen LogP contribution in [0, 0.1) is 0 Å². The Bertz CT molecular complexity index is 1450. The summed E-state index contributed by atoms with van der Waals surface area (Å²) in [5, 5.41) is 3.26. The summed E-state index contributed by atoms with van der Waals surface area (Å²) < 4.78 is 38.5. The van der Waals surface area contributed by atoms with Crippen LogP contribution in [0.1, 0.15) is 11.1 Å². The van der Waals surface area contributed by atoms with Crippen LogP contribution in [0.4, 0.5) is 5.82 Å². The third-order valence-electron chi connectivity index (χ3n) is 6.38. The first-order chi connectivity index (χ1) is 18.3. The van der Waals surface area contributed by atoms with E-state index < -0.39 is 10.0 Å². The second-order valence-electron chi connectivity index (χ2n) is 9.02. The number of pyridine rings is 1. The molecule has 1 unspecified atom stereocenters. The topological polar surface area (TPSA) is 124 Å². The molecule has 2 aliphatic rings. The van der Waals surface area contributed by atoms with E-state index in [1.165, 1.54) is 10.4 Å². The molecule has 1 atom stereocenters. The number of anilines is 1. The number of nitrogens with one attached hydrogen (secondary N) is 1. The minimum Gasteiger partial charge on any atom is -0.484 e. The number of rotatable bonds is 7. The maximum Gasteiger partial charge on any atom is 0.244 e. The van der Waals surface area contributed by atoms with Gasteiger partial charge >= 0.3 is 0 Å². The lowest BCUT2D eigenvalue weighted by Gasteiger charge is -2.26. The summed E-state index contributed by atoms with van der Waals surface area (Å²) in [6, 6.07) is 14.0. The quantitative estimate of drug-likeness (QED) is 0.430. The molecule has 38 heavy (non-hydrogen) atoms. The number of benzene rings is 2. The molecule has 0 aliphatic carbocycles. The average molecular weight is 555 g/mol. The van der Waals surface area contributed by atoms with Crippen molar-refractivity contribution >= 4 is 33.3 Å². The minimum absolute atomic E-state index is 0.245. The van der Waals surface area contributed by atoms with Crippen LogP contribution in [-0.4, -0.2) is 56.0 Å². The molecule has 1 amide bonds. The summed E-state index contributed by atoms with van der Waals surface area (Å²) in [5.41, 5.74) is 9.03. The highest BCUT2D eigenvalue weighted by atomic mass is 35.5. The molecular weight excluding hydrogens is 528 g/mol. The van der Waals surface area contributed by atoms with Crippen molar-refractivity contribution in [2.45, 2.75) is 24.0 Å². The van der Waals surface area contributed by atoms with Gasteiger partial charge < -0.3 is 20.5 Å². The van der Waals surface area contributed by atoms with Crippen LogP contribution in [-0.2, 0) is 32.5 Å². The Morgan fingerprint density at radius 2 is 1.89 bits per heavy atom. The number of aromatic nitrogens is 1. The number of nitrogens with two attached hydrogens (primary N) is 1. The first-order valence-corrected chi connectivity index (χ1v) is 14.0. The summed E-state index contributed by atoms with van der Waals surface area (Å²) in [6.07, 6.45) is 4.99. The lowest BCUT2D eigenvalue weighted by molar-refractivity contribution is -0.116. The van der Waals surface area contributed by atoms with E-state index in [1.807, 2.05) is 6.07 Å². The molecule has 5 rings (SSSR count). The van der Waals surface area contributed by atoms with Crippen molar-refractivity contribution in [3.63, 3.8) is 0 Å². The summed E-state index contributed by atoms with van der Waals surface area (Å²) in [4.78, 5) is 16.5. The Morgan fingerprint density at radius 1 is 1.13 bits per heavy atom. The Kier molecular flexibility index (Phi) is 7.66. The normalized spacial score (nSPS) is 17.8. The van der Waals surface area contributed by atoms with Crippen molar-refractivity contribution in [3.05, 3.63) is 83.0 Å². The van der Waals surface area contributed by atoms with E-state index in [9.17, 15) is 13.2 Å². The SMILES string of the molecule is Nc1ccc(CNC(=O)/C=C/C2Cc3cc(-c4ccc(S(=O)(=O)N5CCOCC5)cc4)cc(Cl)c3O2)cn1. The monoisotopic (exact) mass is 554 g/mol. The van der Waals surface area contributed by atoms with Gasteiger partial charge in [-0.25, -0.2) is 13.4 Å². The fourth-order valence-electron chi connectivity index (χ4n) is 4.36. The van der Waals surface area contributed by atoms with Gasteiger partial charge in [-0.2, -0.15) is 4.31 Å². The molecule has 2 aliphatic heterocycles. The van der Waals surface area contributed by atoms with Gasteiger partial charge in [0, 0.05) is 43.9 Å². The molecule has 3 heterocycles. The second kappa shape index (κ2) is 11.1. The van der Waals surface area contributed by atoms with Crippen molar-refractivity contribution in [1.82, 2.24) is 14.6 Å². The molecule has 11 heteroatoms. The van der Waals surface area contributed by atoms with Crippen LogP contribution >= 0.6 is 11.6 Å². The summed E-state index contributed by atoms with van der Waals surface area (Å²) in [5.74, 6) is 0.763. The Morgan fingerprint density at radius 3 is 2.61 bits per heavy atom. The van der Waals surface area contributed by atoms with E-state index >= 15 is 0 Å². The molecule has 1 aromatic heterocycles. The largest absolute Gasteiger partial charge is 0.484 e. The van der Waals surface area contributed by atoms with Crippen molar-refractivity contribution in [1.29, 1.82) is 0 Å². The Labute approximate surface area is 226 Å². The highest BCUT2D eigenvalue weighted by molar-refractivity contribution is 7.89. The molecule has 0 saturated carbocycles. The predicted molar refractivity (Wildman–Crippen MR) is 144 cm³/mol. The molecule has 0 spiro atoms. The standard InChI is InChI=1S/C27H27ClN4O5S/c28-24-15-20(19-2-5-23(6-3-19)38(34,35)32-9-11-36-12-10-32)13-21-14-22(37-27(21)24)4-8-26(33)31-17-18-1-7-25(29)30-16-18/h1-8,13,15-16,22H,9-12,14,17H2,(H2,29,30)(H,31,33)/b8-4+. The number of halogens is 1. The first-order valence-electron chi connectivity index (χ1n) is 12.1. The van der Waals surface area contributed by atoms with E-state index in [-0.39, 0.29) is 16.9 Å². The maximum absolute atomic E-state index is 12.9. The third-order valence-corrected chi connectivity index (χ3v) is 8.58. The Balaban J connectivity index is 1.23. The van der Waals surface area contributed by atoms with Gasteiger partial charge in [-0.1, -0.05) is 29.8 Å². The number of sulfonamides is 1. The second-order valence-corrected chi connectivity index (χ2v) is 11.4. The predicted octanol–water partition coefficient (Wildman–Crippen LogP) is 3.18. The number of fused-ring (bicyclic) bond motifs is 1. The van der Waals surface area contributed by atoms with Gasteiger partial charge in [-0.15, -0.1) is 0 Å². The fourth-order valence-corrected chi connectivity index (χ4v) is 6.05. The van der Waals surface area contributed by atoms with Crippen LogP contribution in [0.15, 0.2) is 71.8 Å². The lowest BCUT2D eigenvalue weighted by atomic mass is 10.0. The highest BCUT2D eigenvalue weighted by Gasteiger charge is 2.27. The molecule has 1 saturated heterocycles. The number of carbonyl (C=O) groups is 1. The number of ether oxygens (including phenoxy) is 2. The zero-order valence-electron chi connectivity index (χ0n) is 20.5. The molecule has 3 N–H and O–H groups in total. The fraction of sp³-hybridized carbons (Fsp3) is 0.259. The minimum atomic E-state index is -3.56. The van der Waals surface area contributed by atoms with Crippen molar-refractivity contribution in [3.8, 4) is 16.9 Å². The molecular formula is C27H27ClN4O5S. The van der Waals surface area contributed by atoms with Crippen molar-refractivity contribution in [2.24, 2.45) is 0 Å². The van der Waals surface area contributed by atoms with E-state index in [0.717, 1.165) is 22.3 Å². The third kappa shape index (κ3) is 5.83. The van der Waals surface area contributed by atoms with Crippen LogP contribution in [0.2, 0.25) is 5.02 Å². The molecule has 0 bridgehead atoms. The number of hydrogen-bond acceptors (Lipinski definition) is 7. The zero-order chi connectivity index (χ0) is 26.7. The number of hydrogen-bond donors (Lipinski definition) is 2. The summed E-state index contributed by atoms with van der Waals surface area (Å²) in [7, 11) is -3.56. The van der Waals surface area contributed by atoms with Crippen LogP contribution in [0.25, 0.3) is 11.1 Å². The average Bonchev–Trinajstić information content (AvgIpc) is 3.36. The van der Waals surface area contributed by atoms with Gasteiger partial charge in [0.15, 0.2) is 0 Å². The molecule has 9 nitrogen and oxygen atoms in total. The number of morpholine rings is 1. The Hall–Kier alpha value is -3.44. The van der Waals surface area contributed by atoms with Gasteiger partial charge in [0.1, 0.15) is 17.7 Å². The molecule has 0 radical (unpaired) electrons. The molecule has 3 aromatic rings. The van der Waals surface area contributed by atoms with Gasteiger partial charge in [0.25, 0.3) is 0 Å². The van der Waals surface area contributed by atoms with E-state index in [2.05, 4.69) is 10.3 Å². The first kappa shape index (κ1) is 26.2. The lowest BCUT2D eigenvalue weighted by Crippen LogP contribution is -2.40. The van der Waals surface area contributed by atoms with Gasteiger partial charge in [0.2, 0.25) is 15.9 Å². The molecule has 1 fully saturated rings. The smallest absolute Gasteiger partial charge is 0.244 e. The van der Waals surface area contributed by atoms with E-state index in [1.54, 1.807) is 54.7 Å². The molecule has 2 aromatic carbocycles. The maximum atomic E-state index is 12.9. The number of amides is 1. The van der Waals surface area contributed by atoms with Crippen LogP contribution in [0.5, 0.6) is 5.75 Å². The zero-order valence-corrected chi connectivity index (χ0v) is 22.0. The number of nitrogen functional groups attached to an aromatic ring is 1. The number of carbonyl (C=O) groups excluding carboxylic acids is 1. The van der Waals surface area contributed by atoms with Gasteiger partial charge in [-0.05, 0) is 53.1 Å². The number of nitrogens with zero attached hydrogens (tertiary/aromatic N) is 2.